The number of rotatable bonds is 7. The van der Waals surface area contributed by atoms with Gasteiger partial charge >= 0.3 is 5.97 Å². The lowest BCUT2D eigenvalue weighted by Crippen LogP contribution is -2.39. The molecule has 0 radical (unpaired) electrons. The van der Waals surface area contributed by atoms with E-state index in [4.69, 9.17) is 9.84 Å². The average Bonchev–Trinajstić information content (AvgIpc) is 2.17. The van der Waals surface area contributed by atoms with Crippen LogP contribution >= 0.6 is 0 Å². The lowest BCUT2D eigenvalue weighted by Gasteiger charge is -2.34. The molecule has 15 heavy (non-hydrogen) atoms. The second-order valence-corrected chi connectivity index (χ2v) is 4.41. The molecule has 0 aliphatic carbocycles. The van der Waals surface area contributed by atoms with Crippen LogP contribution in [0, 0.1) is 5.41 Å². The molecule has 0 bridgehead atoms. The summed E-state index contributed by atoms with van der Waals surface area (Å²) in [6.07, 6.45) is 1.45. The fourth-order valence-corrected chi connectivity index (χ4v) is 1.54. The molecule has 0 fully saturated rings. The molecule has 0 aromatic rings. The van der Waals surface area contributed by atoms with E-state index in [1.165, 1.54) is 0 Å². The fourth-order valence-electron chi connectivity index (χ4n) is 1.54. The van der Waals surface area contributed by atoms with Crippen LogP contribution in [0.2, 0.25) is 0 Å². The highest BCUT2D eigenvalue weighted by Crippen LogP contribution is 2.35. The van der Waals surface area contributed by atoms with Crippen molar-refractivity contribution in [2.24, 2.45) is 5.41 Å². The lowest BCUT2D eigenvalue weighted by molar-refractivity contribution is -0.159. The van der Waals surface area contributed by atoms with E-state index in [1.54, 1.807) is 13.8 Å². The van der Waals surface area contributed by atoms with Gasteiger partial charge in [-0.1, -0.05) is 13.8 Å². The Morgan fingerprint density at radius 3 is 2.13 bits per heavy atom. The van der Waals surface area contributed by atoms with Crippen LogP contribution < -0.4 is 0 Å². The number of carboxylic acid groups (broad SMARTS) is 1. The van der Waals surface area contributed by atoms with Crippen molar-refractivity contribution in [3.05, 3.63) is 0 Å². The van der Waals surface area contributed by atoms with Gasteiger partial charge in [-0.2, -0.15) is 0 Å². The molecule has 4 heteroatoms. The van der Waals surface area contributed by atoms with Crippen molar-refractivity contribution in [1.82, 2.24) is 0 Å². The van der Waals surface area contributed by atoms with Gasteiger partial charge in [0.15, 0.2) is 0 Å². The Morgan fingerprint density at radius 2 is 1.87 bits per heavy atom. The molecule has 0 saturated carbocycles. The van der Waals surface area contributed by atoms with Gasteiger partial charge in [-0.3, -0.25) is 9.59 Å². The van der Waals surface area contributed by atoms with Gasteiger partial charge in [0.2, 0.25) is 0 Å². The summed E-state index contributed by atoms with van der Waals surface area (Å²) >= 11 is 0. The zero-order chi connectivity index (χ0) is 12.1. The minimum atomic E-state index is -0.848. The van der Waals surface area contributed by atoms with Crippen LogP contribution in [0.5, 0.6) is 0 Å². The minimum Gasteiger partial charge on any atom is -0.481 e. The zero-order valence-corrected chi connectivity index (χ0v) is 9.87. The zero-order valence-electron chi connectivity index (χ0n) is 9.87. The summed E-state index contributed by atoms with van der Waals surface area (Å²) in [6, 6.07) is 0. The summed E-state index contributed by atoms with van der Waals surface area (Å²) < 4.78 is 4.98. The van der Waals surface area contributed by atoms with Crippen LogP contribution in [0.1, 0.15) is 47.0 Å². The van der Waals surface area contributed by atoms with E-state index in [9.17, 15) is 9.59 Å². The summed E-state index contributed by atoms with van der Waals surface area (Å²) in [5.41, 5.74) is -1.53. The Morgan fingerprint density at radius 1 is 1.33 bits per heavy atom. The average molecular weight is 216 g/mol. The molecule has 0 spiro atoms. The van der Waals surface area contributed by atoms with E-state index in [1.807, 2.05) is 13.8 Å². The molecule has 2 atom stereocenters. The highest BCUT2D eigenvalue weighted by atomic mass is 16.5. The predicted molar refractivity (Wildman–Crippen MR) is 56.5 cm³/mol. The molecular formula is C11H20O4. The number of aliphatic carboxylic acids is 1. The molecule has 0 heterocycles. The Hall–Kier alpha value is -1.06. The minimum absolute atomic E-state index is 0.334. The molecule has 0 rings (SSSR count). The molecule has 2 unspecified atom stereocenters. The lowest BCUT2D eigenvalue weighted by atomic mass is 9.76. The van der Waals surface area contributed by atoms with Crippen LogP contribution in [0.15, 0.2) is 0 Å². The number of hydrogen-bond acceptors (Lipinski definition) is 3. The number of carbonyl (C=O) groups is 2. The summed E-state index contributed by atoms with van der Waals surface area (Å²) in [6.45, 7) is 7.53. The van der Waals surface area contributed by atoms with Crippen LogP contribution in [-0.4, -0.2) is 23.1 Å². The molecule has 0 aliphatic heterocycles. The van der Waals surface area contributed by atoms with Crippen LogP contribution in [-0.2, 0) is 14.3 Å². The molecule has 0 saturated heterocycles. The van der Waals surface area contributed by atoms with Gasteiger partial charge in [-0.25, -0.2) is 0 Å². The van der Waals surface area contributed by atoms with Crippen molar-refractivity contribution in [1.29, 1.82) is 0 Å². The summed E-state index contributed by atoms with van der Waals surface area (Å²) in [4.78, 5) is 21.5. The van der Waals surface area contributed by atoms with Gasteiger partial charge in [0.1, 0.15) is 5.60 Å². The van der Waals surface area contributed by atoms with E-state index in [2.05, 4.69) is 0 Å². The van der Waals surface area contributed by atoms with Crippen molar-refractivity contribution in [3.63, 3.8) is 0 Å². The molecule has 0 amide bonds. The summed E-state index contributed by atoms with van der Waals surface area (Å²) in [5.74, 6) is -0.848. The first-order valence-corrected chi connectivity index (χ1v) is 5.18. The van der Waals surface area contributed by atoms with Crippen molar-refractivity contribution in [2.75, 3.05) is 0 Å². The first-order valence-electron chi connectivity index (χ1n) is 5.18. The van der Waals surface area contributed by atoms with Crippen molar-refractivity contribution >= 4 is 12.4 Å². The molecule has 0 aromatic heterocycles. The predicted octanol–water partition coefficient (Wildman–Crippen LogP) is 2.22. The van der Waals surface area contributed by atoms with Crippen LogP contribution in [0.4, 0.5) is 0 Å². The van der Waals surface area contributed by atoms with Crippen LogP contribution in [0.25, 0.3) is 0 Å². The topological polar surface area (TPSA) is 63.6 Å². The van der Waals surface area contributed by atoms with Gasteiger partial charge in [0.05, 0.1) is 5.41 Å². The second kappa shape index (κ2) is 5.14. The molecule has 88 valence electrons. The standard InChI is InChI=1S/C11H20O4/c1-5-10(3,9(13)14)7-11(4,6-2)15-8-12/h8H,5-7H2,1-4H3,(H,13,14). The Labute approximate surface area is 90.6 Å². The smallest absolute Gasteiger partial charge is 0.309 e. The number of carbonyl (C=O) groups excluding carboxylic acids is 1. The second-order valence-electron chi connectivity index (χ2n) is 4.41. The summed E-state index contributed by atoms with van der Waals surface area (Å²) in [5, 5.41) is 9.12. The first-order chi connectivity index (χ1) is 6.83. The highest BCUT2D eigenvalue weighted by Gasteiger charge is 2.39. The van der Waals surface area contributed by atoms with Crippen molar-refractivity contribution in [2.45, 2.75) is 52.6 Å². The summed E-state index contributed by atoms with van der Waals surface area (Å²) in [7, 11) is 0. The maximum Gasteiger partial charge on any atom is 0.309 e. The van der Waals surface area contributed by atoms with Gasteiger partial charge in [-0.05, 0) is 26.7 Å². The fraction of sp³-hybridized carbons (Fsp3) is 0.818. The molecule has 0 aliphatic rings. The van der Waals surface area contributed by atoms with Crippen LogP contribution in [0.3, 0.4) is 0 Å². The van der Waals surface area contributed by atoms with Gasteiger partial charge in [0, 0.05) is 6.42 Å². The van der Waals surface area contributed by atoms with Gasteiger partial charge in [0.25, 0.3) is 6.47 Å². The largest absolute Gasteiger partial charge is 0.481 e. The maximum atomic E-state index is 11.1. The molecule has 0 aromatic carbocycles. The molecule has 4 nitrogen and oxygen atoms in total. The SMILES string of the molecule is CCC(C)(CC(C)(CC)C(=O)O)OC=O. The van der Waals surface area contributed by atoms with Gasteiger partial charge in [-0.15, -0.1) is 0 Å². The third-order valence-corrected chi connectivity index (χ3v) is 3.14. The van der Waals surface area contributed by atoms with Crippen molar-refractivity contribution in [3.8, 4) is 0 Å². The van der Waals surface area contributed by atoms with Gasteiger partial charge < -0.3 is 9.84 Å². The number of carboxylic acids is 1. The third kappa shape index (κ3) is 3.53. The number of ether oxygens (including phenoxy) is 1. The molecular weight excluding hydrogens is 196 g/mol. The normalized spacial score (nSPS) is 18.7. The van der Waals surface area contributed by atoms with Crippen molar-refractivity contribution < 1.29 is 19.4 Å². The third-order valence-electron chi connectivity index (χ3n) is 3.14. The van der Waals surface area contributed by atoms with E-state index in [0.717, 1.165) is 0 Å². The Balaban J connectivity index is 4.77. The Bertz CT molecular complexity index is 239. The van der Waals surface area contributed by atoms with E-state index >= 15 is 0 Å². The highest BCUT2D eigenvalue weighted by molar-refractivity contribution is 5.74. The van der Waals surface area contributed by atoms with E-state index in [-0.39, 0.29) is 0 Å². The maximum absolute atomic E-state index is 11.1. The van der Waals surface area contributed by atoms with E-state index < -0.39 is 17.0 Å². The molecule has 1 N–H and O–H groups in total. The quantitative estimate of drug-likeness (QED) is 0.663. The van der Waals surface area contributed by atoms with E-state index in [0.29, 0.717) is 25.7 Å². The monoisotopic (exact) mass is 216 g/mol. The number of hydrogen-bond donors (Lipinski definition) is 1. The Kier molecular flexibility index (Phi) is 4.78. The first kappa shape index (κ1) is 13.9.